The topological polar surface area (TPSA) is 115 Å². The second kappa shape index (κ2) is 6.22. The first kappa shape index (κ1) is 17.0. The Morgan fingerprint density at radius 2 is 1.44 bits per heavy atom. The lowest BCUT2D eigenvalue weighted by atomic mass is 9.79. The zero-order chi connectivity index (χ0) is 18.3. The molecule has 0 saturated heterocycles. The minimum absolute atomic E-state index is 0.106. The molecule has 0 spiro atoms. The molecule has 3 rings (SSSR count). The van der Waals surface area contributed by atoms with Gasteiger partial charge in [0.15, 0.2) is 23.1 Å². The molecule has 1 atom stereocenters. The van der Waals surface area contributed by atoms with Crippen molar-refractivity contribution in [3.63, 3.8) is 0 Å². The van der Waals surface area contributed by atoms with Gasteiger partial charge in [-0.2, -0.15) is 0 Å². The molecule has 0 amide bonds. The van der Waals surface area contributed by atoms with Gasteiger partial charge in [-0.05, 0) is 6.42 Å². The lowest BCUT2D eigenvalue weighted by Crippen LogP contribution is -2.24. The van der Waals surface area contributed by atoms with Crippen LogP contribution in [0.3, 0.4) is 0 Å². The summed E-state index contributed by atoms with van der Waals surface area (Å²) >= 11 is 0. The molecule has 0 fully saturated rings. The largest absolute Gasteiger partial charge is 0.504 e. The SMILES string of the molecule is CCCCC(O)c1c(O)c(O)c(O)c2c1C(=O)c1ccccc1C2=O. The van der Waals surface area contributed by atoms with Crippen molar-refractivity contribution in [2.45, 2.75) is 32.3 Å². The molecule has 0 heterocycles. The number of hydrogen-bond donors (Lipinski definition) is 4. The van der Waals surface area contributed by atoms with Crippen LogP contribution in [0, 0.1) is 0 Å². The molecule has 1 unspecified atom stereocenters. The number of carbonyl (C=O) groups is 2. The molecule has 4 N–H and O–H groups in total. The minimum Gasteiger partial charge on any atom is -0.504 e. The number of aliphatic hydroxyl groups excluding tert-OH is 1. The number of benzene rings is 2. The van der Waals surface area contributed by atoms with Crippen molar-refractivity contribution in [3.8, 4) is 17.2 Å². The highest BCUT2D eigenvalue weighted by Crippen LogP contribution is 2.49. The number of ketones is 2. The number of hydrogen-bond acceptors (Lipinski definition) is 6. The minimum atomic E-state index is -1.25. The first-order valence-electron chi connectivity index (χ1n) is 8.07. The van der Waals surface area contributed by atoms with Crippen molar-refractivity contribution in [2.24, 2.45) is 0 Å². The van der Waals surface area contributed by atoms with Gasteiger partial charge in [-0.15, -0.1) is 0 Å². The van der Waals surface area contributed by atoms with E-state index < -0.39 is 34.9 Å². The number of carbonyl (C=O) groups excluding carboxylic acids is 2. The van der Waals surface area contributed by atoms with Crippen LogP contribution in [0.2, 0.25) is 0 Å². The van der Waals surface area contributed by atoms with Crippen LogP contribution in [0.5, 0.6) is 17.2 Å². The molecule has 2 aromatic carbocycles. The predicted molar refractivity (Wildman–Crippen MR) is 89.2 cm³/mol. The Balaban J connectivity index is 2.32. The zero-order valence-corrected chi connectivity index (χ0v) is 13.6. The second-order valence-corrected chi connectivity index (χ2v) is 6.07. The van der Waals surface area contributed by atoms with Gasteiger partial charge in [0, 0.05) is 22.3 Å². The Labute approximate surface area is 144 Å². The Hall–Kier alpha value is -2.86. The number of aromatic hydroxyl groups is 3. The average molecular weight is 342 g/mol. The molecule has 6 nitrogen and oxygen atoms in total. The maximum absolute atomic E-state index is 12.9. The Bertz CT molecular complexity index is 884. The summed E-state index contributed by atoms with van der Waals surface area (Å²) in [5.74, 6) is -3.76. The molecular weight excluding hydrogens is 324 g/mol. The van der Waals surface area contributed by atoms with Gasteiger partial charge in [0.25, 0.3) is 0 Å². The van der Waals surface area contributed by atoms with E-state index in [1.54, 1.807) is 12.1 Å². The average Bonchev–Trinajstić information content (AvgIpc) is 2.62. The monoisotopic (exact) mass is 342 g/mol. The Morgan fingerprint density at radius 3 is 2.00 bits per heavy atom. The van der Waals surface area contributed by atoms with Gasteiger partial charge in [-0.3, -0.25) is 9.59 Å². The number of fused-ring (bicyclic) bond motifs is 2. The van der Waals surface area contributed by atoms with E-state index in [0.29, 0.717) is 6.42 Å². The van der Waals surface area contributed by atoms with Crippen LogP contribution in [0.25, 0.3) is 0 Å². The Kier molecular flexibility index (Phi) is 4.22. The number of rotatable bonds is 4. The standard InChI is InChI=1S/C19H18O6/c1-2-3-8-11(20)12-13-14(18(24)19(25)17(12)23)16(22)10-7-5-4-6-9(10)15(13)21/h4-7,11,20,23-25H,2-3,8H2,1H3. The number of aliphatic hydroxyl groups is 1. The fourth-order valence-electron chi connectivity index (χ4n) is 3.20. The lowest BCUT2D eigenvalue weighted by Gasteiger charge is -2.25. The maximum Gasteiger partial charge on any atom is 0.201 e. The van der Waals surface area contributed by atoms with Gasteiger partial charge < -0.3 is 20.4 Å². The van der Waals surface area contributed by atoms with E-state index in [9.17, 15) is 30.0 Å². The molecule has 2 aromatic rings. The summed E-state index contributed by atoms with van der Waals surface area (Å²) in [5.41, 5.74) is -0.612. The van der Waals surface area contributed by atoms with E-state index in [0.717, 1.165) is 6.42 Å². The fourth-order valence-corrected chi connectivity index (χ4v) is 3.20. The molecule has 1 aliphatic rings. The molecule has 1 aliphatic carbocycles. The van der Waals surface area contributed by atoms with E-state index >= 15 is 0 Å². The quantitative estimate of drug-likeness (QED) is 0.542. The number of phenolic OH excluding ortho intramolecular Hbond substituents is 3. The Morgan fingerprint density at radius 1 is 0.880 bits per heavy atom. The zero-order valence-electron chi connectivity index (χ0n) is 13.6. The van der Waals surface area contributed by atoms with Gasteiger partial charge in [0.1, 0.15) is 0 Å². The van der Waals surface area contributed by atoms with Crippen LogP contribution in [0.1, 0.15) is 69.7 Å². The molecule has 0 bridgehead atoms. The summed E-state index contributed by atoms with van der Waals surface area (Å²) in [5, 5.41) is 40.8. The van der Waals surface area contributed by atoms with Gasteiger partial charge in [0.05, 0.1) is 11.7 Å². The first-order valence-corrected chi connectivity index (χ1v) is 8.07. The summed E-state index contributed by atoms with van der Waals surface area (Å²) in [6, 6.07) is 6.11. The van der Waals surface area contributed by atoms with E-state index in [4.69, 9.17) is 0 Å². The highest BCUT2D eigenvalue weighted by atomic mass is 16.3. The molecular formula is C19H18O6. The van der Waals surface area contributed by atoms with E-state index in [2.05, 4.69) is 0 Å². The van der Waals surface area contributed by atoms with E-state index in [1.165, 1.54) is 12.1 Å². The first-order chi connectivity index (χ1) is 11.9. The summed E-state index contributed by atoms with van der Waals surface area (Å²) in [7, 11) is 0. The highest BCUT2D eigenvalue weighted by molar-refractivity contribution is 6.30. The van der Waals surface area contributed by atoms with Crippen LogP contribution in [0.15, 0.2) is 24.3 Å². The normalized spacial score (nSPS) is 14.2. The van der Waals surface area contributed by atoms with Gasteiger partial charge in [0.2, 0.25) is 5.75 Å². The fraction of sp³-hybridized carbons (Fsp3) is 0.263. The molecule has 6 heteroatoms. The number of phenols is 3. The molecule has 25 heavy (non-hydrogen) atoms. The third kappa shape index (κ3) is 2.46. The third-order valence-electron chi connectivity index (χ3n) is 4.49. The van der Waals surface area contributed by atoms with Crippen LogP contribution in [-0.4, -0.2) is 32.0 Å². The number of unbranched alkanes of at least 4 members (excludes halogenated alkanes) is 1. The van der Waals surface area contributed by atoms with Crippen molar-refractivity contribution < 1.29 is 30.0 Å². The van der Waals surface area contributed by atoms with Crippen LogP contribution in [0.4, 0.5) is 0 Å². The van der Waals surface area contributed by atoms with Crippen molar-refractivity contribution in [1.29, 1.82) is 0 Å². The third-order valence-corrected chi connectivity index (χ3v) is 4.49. The summed E-state index contributed by atoms with van der Waals surface area (Å²) in [4.78, 5) is 25.6. The maximum atomic E-state index is 12.9. The summed E-state index contributed by atoms with van der Waals surface area (Å²) < 4.78 is 0. The summed E-state index contributed by atoms with van der Waals surface area (Å²) in [6.07, 6.45) is 0.390. The van der Waals surface area contributed by atoms with Gasteiger partial charge >= 0.3 is 0 Å². The smallest absolute Gasteiger partial charge is 0.201 e. The highest BCUT2D eigenvalue weighted by Gasteiger charge is 2.39. The summed E-state index contributed by atoms with van der Waals surface area (Å²) in [6.45, 7) is 1.92. The van der Waals surface area contributed by atoms with Gasteiger partial charge in [-0.1, -0.05) is 44.0 Å². The van der Waals surface area contributed by atoms with Crippen molar-refractivity contribution in [3.05, 3.63) is 52.1 Å². The lowest BCUT2D eigenvalue weighted by molar-refractivity contribution is 0.0967. The van der Waals surface area contributed by atoms with E-state index in [1.807, 2.05) is 6.92 Å². The molecule has 130 valence electrons. The predicted octanol–water partition coefficient (Wildman–Crippen LogP) is 2.80. The van der Waals surface area contributed by atoms with Crippen molar-refractivity contribution in [1.82, 2.24) is 0 Å². The van der Waals surface area contributed by atoms with Crippen LogP contribution in [-0.2, 0) is 0 Å². The second-order valence-electron chi connectivity index (χ2n) is 6.07. The molecule has 0 aliphatic heterocycles. The van der Waals surface area contributed by atoms with E-state index in [-0.39, 0.29) is 34.2 Å². The van der Waals surface area contributed by atoms with Crippen molar-refractivity contribution >= 4 is 11.6 Å². The van der Waals surface area contributed by atoms with Crippen LogP contribution < -0.4 is 0 Å². The molecule has 0 saturated carbocycles. The van der Waals surface area contributed by atoms with Gasteiger partial charge in [-0.25, -0.2) is 0 Å². The molecule has 0 radical (unpaired) electrons. The van der Waals surface area contributed by atoms with Crippen molar-refractivity contribution in [2.75, 3.05) is 0 Å². The van der Waals surface area contributed by atoms with Crippen LogP contribution >= 0.6 is 0 Å². The molecule has 0 aromatic heterocycles.